The van der Waals surface area contributed by atoms with E-state index in [0.717, 1.165) is 11.6 Å². The Balaban J connectivity index is 2.43. The van der Waals surface area contributed by atoms with Gasteiger partial charge in [-0.3, -0.25) is 0 Å². The van der Waals surface area contributed by atoms with Crippen LogP contribution in [-0.4, -0.2) is 14.2 Å². The van der Waals surface area contributed by atoms with E-state index in [1.165, 1.54) is 6.07 Å². The van der Waals surface area contributed by atoms with E-state index in [1.807, 2.05) is 12.1 Å². The Morgan fingerprint density at radius 3 is 2.30 bits per heavy atom. The molecule has 2 rings (SSSR count). The molecule has 5 heteroatoms. The molecule has 0 saturated heterocycles. The van der Waals surface area contributed by atoms with E-state index >= 15 is 0 Å². The van der Waals surface area contributed by atoms with Crippen LogP contribution in [0.3, 0.4) is 0 Å². The van der Waals surface area contributed by atoms with E-state index in [9.17, 15) is 8.78 Å². The predicted molar refractivity (Wildman–Crippen MR) is 78.0 cm³/mol. The van der Waals surface area contributed by atoms with Crippen LogP contribution in [0.1, 0.15) is 17.2 Å². The standard InChI is InChI=1S/C15H14BrF2NO/c1-19-15(9-3-5-10(20-2)6-4-9)11-7-14(18)12(16)8-13(11)17/h3-8,15,19H,1-2H3. The zero-order chi connectivity index (χ0) is 14.7. The van der Waals surface area contributed by atoms with Gasteiger partial charge in [-0.15, -0.1) is 0 Å². The average Bonchev–Trinajstić information content (AvgIpc) is 2.46. The van der Waals surface area contributed by atoms with E-state index in [4.69, 9.17) is 4.74 Å². The summed E-state index contributed by atoms with van der Waals surface area (Å²) in [4.78, 5) is 0. The number of methoxy groups -OCH3 is 1. The summed E-state index contributed by atoms with van der Waals surface area (Å²) >= 11 is 2.97. The average molecular weight is 342 g/mol. The van der Waals surface area contributed by atoms with Crippen LogP contribution < -0.4 is 10.1 Å². The molecular formula is C15H14BrF2NO. The van der Waals surface area contributed by atoms with Crippen molar-refractivity contribution >= 4 is 15.9 Å². The van der Waals surface area contributed by atoms with Crippen LogP contribution in [0.25, 0.3) is 0 Å². The highest BCUT2D eigenvalue weighted by Gasteiger charge is 2.18. The molecule has 106 valence electrons. The third kappa shape index (κ3) is 2.99. The minimum Gasteiger partial charge on any atom is -0.497 e. The lowest BCUT2D eigenvalue weighted by molar-refractivity contribution is 0.414. The number of halogens is 3. The molecule has 20 heavy (non-hydrogen) atoms. The smallest absolute Gasteiger partial charge is 0.137 e. The summed E-state index contributed by atoms with van der Waals surface area (Å²) in [7, 11) is 3.28. The monoisotopic (exact) mass is 341 g/mol. The van der Waals surface area contributed by atoms with Gasteiger partial charge in [0.1, 0.15) is 17.4 Å². The molecule has 0 radical (unpaired) electrons. The van der Waals surface area contributed by atoms with Crippen LogP contribution in [0.2, 0.25) is 0 Å². The minimum absolute atomic E-state index is 0.114. The number of benzene rings is 2. The predicted octanol–water partition coefficient (Wildman–Crippen LogP) is 4.04. The largest absolute Gasteiger partial charge is 0.497 e. The molecule has 0 aromatic heterocycles. The van der Waals surface area contributed by atoms with Gasteiger partial charge in [-0.2, -0.15) is 0 Å². The Kier molecular flexibility index (Phi) is 4.73. The minimum atomic E-state index is -0.491. The Morgan fingerprint density at radius 1 is 1.10 bits per heavy atom. The molecule has 0 aliphatic carbocycles. The first-order valence-electron chi connectivity index (χ1n) is 6.02. The molecule has 0 spiro atoms. The molecule has 0 fully saturated rings. The Morgan fingerprint density at radius 2 is 1.75 bits per heavy atom. The fraction of sp³-hybridized carbons (Fsp3) is 0.200. The summed E-state index contributed by atoms with van der Waals surface area (Å²) in [5.41, 5.74) is 1.09. The maximum atomic E-state index is 14.0. The van der Waals surface area contributed by atoms with Gasteiger partial charge in [0.2, 0.25) is 0 Å². The molecule has 0 amide bonds. The van der Waals surface area contributed by atoms with Gasteiger partial charge in [0.25, 0.3) is 0 Å². The fourth-order valence-corrected chi connectivity index (χ4v) is 2.37. The molecular weight excluding hydrogens is 328 g/mol. The molecule has 0 bridgehead atoms. The molecule has 0 aliphatic heterocycles. The number of hydrogen-bond donors (Lipinski definition) is 1. The van der Waals surface area contributed by atoms with E-state index in [0.29, 0.717) is 5.75 Å². The second kappa shape index (κ2) is 6.33. The van der Waals surface area contributed by atoms with Crippen molar-refractivity contribution in [3.63, 3.8) is 0 Å². The molecule has 2 nitrogen and oxygen atoms in total. The summed E-state index contributed by atoms with van der Waals surface area (Å²) in [6.07, 6.45) is 0. The number of ether oxygens (including phenoxy) is 1. The second-order valence-corrected chi connectivity index (χ2v) is 5.14. The first-order chi connectivity index (χ1) is 9.56. The number of rotatable bonds is 4. The molecule has 0 aliphatic rings. The third-order valence-electron chi connectivity index (χ3n) is 3.09. The van der Waals surface area contributed by atoms with Crippen LogP contribution in [-0.2, 0) is 0 Å². The molecule has 0 heterocycles. The van der Waals surface area contributed by atoms with Crippen LogP contribution >= 0.6 is 15.9 Å². The highest BCUT2D eigenvalue weighted by atomic mass is 79.9. The quantitative estimate of drug-likeness (QED) is 0.847. The van der Waals surface area contributed by atoms with Gasteiger partial charge < -0.3 is 10.1 Å². The zero-order valence-electron chi connectivity index (χ0n) is 11.1. The van der Waals surface area contributed by atoms with Crippen LogP contribution in [0.15, 0.2) is 40.9 Å². The Labute approximate surface area is 124 Å². The number of nitrogens with one attached hydrogen (secondary N) is 1. The maximum absolute atomic E-state index is 14.0. The fourth-order valence-electron chi connectivity index (χ4n) is 2.06. The second-order valence-electron chi connectivity index (χ2n) is 4.28. The lowest BCUT2D eigenvalue weighted by atomic mass is 9.98. The van der Waals surface area contributed by atoms with Crippen LogP contribution in [0.4, 0.5) is 8.78 Å². The first-order valence-corrected chi connectivity index (χ1v) is 6.81. The summed E-state index contributed by atoms with van der Waals surface area (Å²) in [5, 5.41) is 3.00. The van der Waals surface area contributed by atoms with Gasteiger partial charge in [0.05, 0.1) is 17.6 Å². The van der Waals surface area contributed by atoms with E-state index < -0.39 is 17.7 Å². The Hall–Kier alpha value is -1.46. The van der Waals surface area contributed by atoms with Gasteiger partial charge in [-0.25, -0.2) is 8.78 Å². The van der Waals surface area contributed by atoms with Crippen molar-refractivity contribution in [2.24, 2.45) is 0 Å². The maximum Gasteiger partial charge on any atom is 0.137 e. The van der Waals surface area contributed by atoms with Crippen molar-refractivity contribution in [1.82, 2.24) is 5.32 Å². The SMILES string of the molecule is CNC(c1ccc(OC)cc1)c1cc(F)c(Br)cc1F. The van der Waals surface area contributed by atoms with Gasteiger partial charge in [0, 0.05) is 5.56 Å². The van der Waals surface area contributed by atoms with Crippen molar-refractivity contribution in [2.75, 3.05) is 14.2 Å². The van der Waals surface area contributed by atoms with E-state index in [1.54, 1.807) is 26.3 Å². The molecule has 1 N–H and O–H groups in total. The van der Waals surface area contributed by atoms with Crippen molar-refractivity contribution < 1.29 is 13.5 Å². The molecule has 2 aromatic carbocycles. The van der Waals surface area contributed by atoms with Crippen molar-refractivity contribution in [2.45, 2.75) is 6.04 Å². The van der Waals surface area contributed by atoms with Crippen LogP contribution in [0.5, 0.6) is 5.75 Å². The van der Waals surface area contributed by atoms with Crippen molar-refractivity contribution in [3.05, 3.63) is 63.6 Å². The van der Waals surface area contributed by atoms with E-state index in [2.05, 4.69) is 21.2 Å². The highest BCUT2D eigenvalue weighted by Crippen LogP contribution is 2.29. The topological polar surface area (TPSA) is 21.3 Å². The summed E-state index contributed by atoms with van der Waals surface area (Å²) in [6.45, 7) is 0. The highest BCUT2D eigenvalue weighted by molar-refractivity contribution is 9.10. The van der Waals surface area contributed by atoms with Gasteiger partial charge in [-0.1, -0.05) is 12.1 Å². The van der Waals surface area contributed by atoms with Crippen molar-refractivity contribution in [1.29, 1.82) is 0 Å². The third-order valence-corrected chi connectivity index (χ3v) is 3.70. The summed E-state index contributed by atoms with van der Waals surface area (Å²) in [5.74, 6) is -0.241. The molecule has 2 aromatic rings. The molecule has 1 unspecified atom stereocenters. The molecule has 0 saturated carbocycles. The van der Waals surface area contributed by atoms with Gasteiger partial charge in [-0.05, 0) is 52.8 Å². The molecule has 1 atom stereocenters. The number of hydrogen-bond acceptors (Lipinski definition) is 2. The normalized spacial score (nSPS) is 12.2. The summed E-state index contributed by atoms with van der Waals surface area (Å²) in [6, 6.07) is 9.12. The zero-order valence-corrected chi connectivity index (χ0v) is 12.7. The van der Waals surface area contributed by atoms with Crippen LogP contribution in [0, 0.1) is 11.6 Å². The van der Waals surface area contributed by atoms with Crippen molar-refractivity contribution in [3.8, 4) is 5.75 Å². The Bertz CT molecular complexity index is 602. The lowest BCUT2D eigenvalue weighted by Crippen LogP contribution is -2.19. The van der Waals surface area contributed by atoms with Gasteiger partial charge in [0.15, 0.2) is 0 Å². The van der Waals surface area contributed by atoms with E-state index in [-0.39, 0.29) is 10.0 Å². The van der Waals surface area contributed by atoms with Gasteiger partial charge >= 0.3 is 0 Å². The summed E-state index contributed by atoms with van der Waals surface area (Å²) < 4.78 is 32.9. The first kappa shape index (κ1) is 14.9. The lowest BCUT2D eigenvalue weighted by Gasteiger charge is -2.18.